The maximum atomic E-state index is 12.0. The van der Waals surface area contributed by atoms with E-state index in [1.54, 1.807) is 0 Å². The highest BCUT2D eigenvalue weighted by Crippen LogP contribution is 2.32. The summed E-state index contributed by atoms with van der Waals surface area (Å²) >= 11 is 3.56. The Morgan fingerprint density at radius 2 is 2.05 bits per heavy atom. The quantitative estimate of drug-likeness (QED) is 0.790. The molecule has 0 radical (unpaired) electrons. The van der Waals surface area contributed by atoms with Crippen LogP contribution in [-0.2, 0) is 16.1 Å². The number of amides is 1. The third-order valence-electron chi connectivity index (χ3n) is 4.24. The molecule has 3 unspecified atom stereocenters. The van der Waals surface area contributed by atoms with Crippen molar-refractivity contribution in [3.8, 4) is 0 Å². The van der Waals surface area contributed by atoms with Gasteiger partial charge in [-0.25, -0.2) is 0 Å². The van der Waals surface area contributed by atoms with Crippen LogP contribution in [-0.4, -0.2) is 34.3 Å². The Bertz CT molecular complexity index is 465. The van der Waals surface area contributed by atoms with Gasteiger partial charge in [0.15, 0.2) is 0 Å². The van der Waals surface area contributed by atoms with E-state index in [9.17, 15) is 4.79 Å². The summed E-state index contributed by atoms with van der Waals surface area (Å²) < 4.78 is 6.09. The summed E-state index contributed by atoms with van der Waals surface area (Å²) in [5.41, 5.74) is 1.20. The monoisotopic (exact) mass is 337 g/mol. The van der Waals surface area contributed by atoms with E-state index in [0.717, 1.165) is 25.8 Å². The Hall–Kier alpha value is -0.870. The number of alkyl halides is 1. The summed E-state index contributed by atoms with van der Waals surface area (Å²) in [5, 5.41) is 0. The van der Waals surface area contributed by atoms with Crippen LogP contribution in [0, 0.1) is 0 Å². The van der Waals surface area contributed by atoms with Crippen molar-refractivity contribution in [1.82, 2.24) is 4.90 Å². The zero-order valence-corrected chi connectivity index (χ0v) is 13.1. The molecule has 2 fully saturated rings. The van der Waals surface area contributed by atoms with Crippen LogP contribution in [0.2, 0.25) is 0 Å². The molecule has 1 aliphatic heterocycles. The van der Waals surface area contributed by atoms with Crippen molar-refractivity contribution in [2.45, 2.75) is 49.3 Å². The van der Waals surface area contributed by atoms with Crippen LogP contribution in [0.5, 0.6) is 0 Å². The fourth-order valence-electron chi connectivity index (χ4n) is 3.24. The summed E-state index contributed by atoms with van der Waals surface area (Å²) in [6, 6.07) is 10.5. The van der Waals surface area contributed by atoms with E-state index in [-0.39, 0.29) is 18.1 Å². The minimum Gasteiger partial charge on any atom is -0.371 e. The number of hydrogen-bond donors (Lipinski definition) is 0. The topological polar surface area (TPSA) is 29.5 Å². The number of carbonyl (C=O) groups is 1. The number of nitrogens with zero attached hydrogens (tertiary/aromatic N) is 1. The predicted molar refractivity (Wildman–Crippen MR) is 81.7 cm³/mol. The van der Waals surface area contributed by atoms with Crippen molar-refractivity contribution in [3.05, 3.63) is 35.9 Å². The van der Waals surface area contributed by atoms with Gasteiger partial charge in [-0.3, -0.25) is 4.79 Å². The highest BCUT2D eigenvalue weighted by atomic mass is 79.9. The molecule has 2 aliphatic rings. The molecule has 20 heavy (non-hydrogen) atoms. The van der Waals surface area contributed by atoms with Crippen molar-refractivity contribution >= 4 is 21.8 Å². The Balaban J connectivity index is 1.60. The standard InChI is InChI=1S/C16H20BrNO2/c17-13-9-16(19)18(10-13)14-7-4-8-15(14)20-11-12-5-2-1-3-6-12/h1-3,5-6,13-15H,4,7-11H2. The van der Waals surface area contributed by atoms with E-state index in [1.807, 2.05) is 23.1 Å². The van der Waals surface area contributed by atoms with Crippen molar-refractivity contribution < 1.29 is 9.53 Å². The summed E-state index contributed by atoms with van der Waals surface area (Å²) in [5.74, 6) is 0.270. The lowest BCUT2D eigenvalue weighted by Crippen LogP contribution is -2.42. The largest absolute Gasteiger partial charge is 0.371 e. The molecular formula is C16H20BrNO2. The van der Waals surface area contributed by atoms with E-state index in [2.05, 4.69) is 28.1 Å². The fraction of sp³-hybridized carbons (Fsp3) is 0.562. The number of likely N-dealkylation sites (tertiary alicyclic amines) is 1. The molecule has 1 saturated carbocycles. The van der Waals surface area contributed by atoms with E-state index < -0.39 is 0 Å². The minimum atomic E-state index is 0.192. The van der Waals surface area contributed by atoms with Gasteiger partial charge in [0.2, 0.25) is 5.91 Å². The third-order valence-corrected chi connectivity index (χ3v) is 4.85. The average molecular weight is 338 g/mol. The molecule has 3 atom stereocenters. The first-order chi connectivity index (χ1) is 9.74. The maximum Gasteiger partial charge on any atom is 0.224 e. The molecule has 1 heterocycles. The van der Waals surface area contributed by atoms with Crippen LogP contribution in [0.4, 0.5) is 0 Å². The van der Waals surface area contributed by atoms with Gasteiger partial charge in [0.25, 0.3) is 0 Å². The molecule has 108 valence electrons. The summed E-state index contributed by atoms with van der Waals surface area (Å²) in [6.07, 6.45) is 4.11. The molecule has 1 aliphatic carbocycles. The lowest BCUT2D eigenvalue weighted by Gasteiger charge is -2.29. The van der Waals surface area contributed by atoms with Gasteiger partial charge in [-0.1, -0.05) is 46.3 Å². The van der Waals surface area contributed by atoms with E-state index in [4.69, 9.17) is 4.74 Å². The van der Waals surface area contributed by atoms with Gasteiger partial charge >= 0.3 is 0 Å². The average Bonchev–Trinajstić information content (AvgIpc) is 3.03. The van der Waals surface area contributed by atoms with E-state index in [0.29, 0.717) is 17.9 Å². The van der Waals surface area contributed by atoms with Crippen LogP contribution in [0.15, 0.2) is 30.3 Å². The number of rotatable bonds is 4. The van der Waals surface area contributed by atoms with Crippen LogP contribution >= 0.6 is 15.9 Å². The van der Waals surface area contributed by atoms with Gasteiger partial charge in [-0.2, -0.15) is 0 Å². The van der Waals surface area contributed by atoms with E-state index in [1.165, 1.54) is 5.56 Å². The van der Waals surface area contributed by atoms with Gasteiger partial charge in [0.05, 0.1) is 18.8 Å². The van der Waals surface area contributed by atoms with Gasteiger partial charge in [0.1, 0.15) is 0 Å². The molecular weight excluding hydrogens is 318 g/mol. The first kappa shape index (κ1) is 14.1. The number of carbonyl (C=O) groups excluding carboxylic acids is 1. The van der Waals surface area contributed by atoms with Crippen LogP contribution in [0.1, 0.15) is 31.2 Å². The molecule has 1 aromatic carbocycles. The van der Waals surface area contributed by atoms with Crippen molar-refractivity contribution in [1.29, 1.82) is 0 Å². The lowest BCUT2D eigenvalue weighted by molar-refractivity contribution is -0.132. The number of halogens is 1. The minimum absolute atomic E-state index is 0.192. The molecule has 0 aromatic heterocycles. The summed E-state index contributed by atoms with van der Waals surface area (Å²) in [4.78, 5) is 14.4. The Morgan fingerprint density at radius 1 is 1.25 bits per heavy atom. The van der Waals surface area contributed by atoms with Crippen LogP contribution in [0.25, 0.3) is 0 Å². The Morgan fingerprint density at radius 3 is 2.75 bits per heavy atom. The number of benzene rings is 1. The lowest BCUT2D eigenvalue weighted by atomic mass is 10.2. The molecule has 3 nitrogen and oxygen atoms in total. The summed E-state index contributed by atoms with van der Waals surface area (Å²) in [6.45, 7) is 1.47. The molecule has 3 rings (SSSR count). The van der Waals surface area contributed by atoms with Crippen molar-refractivity contribution in [3.63, 3.8) is 0 Å². The predicted octanol–water partition coefficient (Wildman–Crippen LogP) is 3.12. The normalized spacial score (nSPS) is 30.1. The highest BCUT2D eigenvalue weighted by molar-refractivity contribution is 9.09. The zero-order chi connectivity index (χ0) is 13.9. The molecule has 1 amide bonds. The second kappa shape index (κ2) is 6.27. The smallest absolute Gasteiger partial charge is 0.224 e. The van der Waals surface area contributed by atoms with Crippen LogP contribution in [0.3, 0.4) is 0 Å². The zero-order valence-electron chi connectivity index (χ0n) is 11.5. The Labute approximate surface area is 128 Å². The molecule has 1 aromatic rings. The van der Waals surface area contributed by atoms with Gasteiger partial charge in [0, 0.05) is 17.8 Å². The number of ether oxygens (including phenoxy) is 1. The molecule has 1 saturated heterocycles. The van der Waals surface area contributed by atoms with Gasteiger partial charge in [-0.05, 0) is 24.8 Å². The third kappa shape index (κ3) is 3.07. The van der Waals surface area contributed by atoms with E-state index >= 15 is 0 Å². The fourth-order valence-corrected chi connectivity index (χ4v) is 3.83. The second-order valence-corrected chi connectivity index (χ2v) is 6.98. The second-order valence-electron chi connectivity index (χ2n) is 5.68. The van der Waals surface area contributed by atoms with Crippen molar-refractivity contribution in [2.75, 3.05) is 6.54 Å². The van der Waals surface area contributed by atoms with Crippen molar-refractivity contribution in [2.24, 2.45) is 0 Å². The SMILES string of the molecule is O=C1CC(Br)CN1C1CCCC1OCc1ccccc1. The summed E-state index contributed by atoms with van der Waals surface area (Å²) in [7, 11) is 0. The number of hydrogen-bond acceptors (Lipinski definition) is 2. The first-order valence-corrected chi connectivity index (χ1v) is 8.24. The van der Waals surface area contributed by atoms with Gasteiger partial charge in [-0.15, -0.1) is 0 Å². The van der Waals surface area contributed by atoms with Crippen LogP contribution < -0.4 is 0 Å². The first-order valence-electron chi connectivity index (χ1n) is 7.33. The molecule has 4 heteroatoms. The maximum absolute atomic E-state index is 12.0. The molecule has 0 bridgehead atoms. The highest BCUT2D eigenvalue weighted by Gasteiger charge is 2.39. The van der Waals surface area contributed by atoms with Gasteiger partial charge < -0.3 is 9.64 Å². The Kier molecular flexibility index (Phi) is 4.41. The molecule has 0 N–H and O–H groups in total. The molecule has 0 spiro atoms.